The lowest BCUT2D eigenvalue weighted by Gasteiger charge is -2.09. The predicted octanol–water partition coefficient (Wildman–Crippen LogP) is 5.04. The number of hydrogen-bond donors (Lipinski definition) is 1. The second kappa shape index (κ2) is 9.60. The molecule has 0 saturated heterocycles. The summed E-state index contributed by atoms with van der Waals surface area (Å²) < 4.78 is 6.00. The van der Waals surface area contributed by atoms with E-state index in [1.54, 1.807) is 0 Å². The van der Waals surface area contributed by atoms with Crippen molar-refractivity contribution in [2.24, 2.45) is 0 Å². The molecule has 2 aromatic rings. The van der Waals surface area contributed by atoms with Gasteiger partial charge in [0, 0.05) is 15.6 Å². The molecule has 138 valence electrons. The van der Waals surface area contributed by atoms with Crippen molar-refractivity contribution in [3.05, 3.63) is 50.0 Å². The maximum absolute atomic E-state index is 11.9. The number of carbonyl (C=O) groups is 2. The Morgan fingerprint density at radius 1 is 1.23 bits per heavy atom. The Morgan fingerprint density at radius 3 is 2.65 bits per heavy atom. The first-order chi connectivity index (χ1) is 12.3. The molecule has 0 unspecified atom stereocenters. The number of aryl methyl sites for hydroxylation is 2. The van der Waals surface area contributed by atoms with Crippen LogP contribution in [0, 0.1) is 13.8 Å². The Hall–Kier alpha value is -1.28. The molecule has 1 aromatic carbocycles. The molecule has 2 rings (SSSR count). The van der Waals surface area contributed by atoms with Crippen LogP contribution in [0.1, 0.15) is 11.1 Å². The number of nitrogens with zero attached hydrogens (tertiary/aromatic N) is 1. The molecule has 0 spiro atoms. The maximum Gasteiger partial charge on any atom is 0.316 e. The van der Waals surface area contributed by atoms with Crippen molar-refractivity contribution >= 4 is 68.6 Å². The van der Waals surface area contributed by atoms with Gasteiger partial charge in [-0.25, -0.2) is 4.98 Å². The largest absolute Gasteiger partial charge is 0.455 e. The van der Waals surface area contributed by atoms with E-state index < -0.39 is 18.5 Å². The van der Waals surface area contributed by atoms with Crippen molar-refractivity contribution < 1.29 is 14.3 Å². The molecule has 26 heavy (non-hydrogen) atoms. The second-order valence-electron chi connectivity index (χ2n) is 5.35. The zero-order chi connectivity index (χ0) is 19.3. The van der Waals surface area contributed by atoms with Crippen molar-refractivity contribution in [2.45, 2.75) is 18.7 Å². The minimum atomic E-state index is -0.532. The third-order valence-corrected chi connectivity index (χ3v) is 5.71. The van der Waals surface area contributed by atoms with Gasteiger partial charge < -0.3 is 10.1 Å². The highest BCUT2D eigenvalue weighted by Crippen LogP contribution is 2.28. The summed E-state index contributed by atoms with van der Waals surface area (Å²) >= 11 is 16.5. The number of aromatic nitrogens is 1. The van der Waals surface area contributed by atoms with Gasteiger partial charge in [0.2, 0.25) is 0 Å². The second-order valence-corrected chi connectivity index (χ2v) is 8.06. The molecule has 0 radical (unpaired) electrons. The smallest absolute Gasteiger partial charge is 0.316 e. The summed E-state index contributed by atoms with van der Waals surface area (Å²) in [5.74, 6) is -0.752. The number of carbonyl (C=O) groups excluding carboxylic acids is 2. The van der Waals surface area contributed by atoms with Gasteiger partial charge in [-0.15, -0.1) is 11.8 Å². The van der Waals surface area contributed by atoms with Gasteiger partial charge in [-0.3, -0.25) is 9.59 Å². The highest BCUT2D eigenvalue weighted by Gasteiger charge is 2.12. The van der Waals surface area contributed by atoms with Crippen molar-refractivity contribution in [3.8, 4) is 0 Å². The first-order valence-electron chi connectivity index (χ1n) is 7.42. The minimum Gasteiger partial charge on any atom is -0.455 e. The van der Waals surface area contributed by atoms with Crippen molar-refractivity contribution in [1.82, 2.24) is 4.98 Å². The normalized spacial score (nSPS) is 10.5. The van der Waals surface area contributed by atoms with Crippen LogP contribution in [0.25, 0.3) is 0 Å². The number of benzene rings is 1. The fraction of sp³-hybridized carbons (Fsp3) is 0.235. The van der Waals surface area contributed by atoms with E-state index in [-0.39, 0.29) is 16.6 Å². The maximum atomic E-state index is 11.9. The number of anilines is 1. The Bertz CT molecular complexity index is 849. The number of halogens is 3. The molecule has 0 aliphatic heterocycles. The van der Waals surface area contributed by atoms with Gasteiger partial charge in [0.1, 0.15) is 0 Å². The monoisotopic (exact) mass is 476 g/mol. The van der Waals surface area contributed by atoms with E-state index in [4.69, 9.17) is 27.9 Å². The molecule has 1 heterocycles. The van der Waals surface area contributed by atoms with Gasteiger partial charge in [0.05, 0.1) is 15.8 Å². The number of thioether (sulfide) groups is 1. The standard InChI is InChI=1S/C17H15BrCl2N2O3S/c1-9-4-14(10(2)3-12(9)18)26-8-16(24)25-7-15(23)22-17-13(20)5-11(19)6-21-17/h3-6H,7-8H2,1-2H3,(H,21,22,23). The first kappa shape index (κ1) is 21.0. The van der Waals surface area contributed by atoms with Gasteiger partial charge in [-0.2, -0.15) is 0 Å². The highest BCUT2D eigenvalue weighted by molar-refractivity contribution is 9.10. The topological polar surface area (TPSA) is 68.3 Å². The lowest BCUT2D eigenvalue weighted by molar-refractivity contribution is -0.144. The molecule has 0 fully saturated rings. The third-order valence-electron chi connectivity index (χ3n) is 3.23. The van der Waals surface area contributed by atoms with E-state index >= 15 is 0 Å². The number of esters is 1. The van der Waals surface area contributed by atoms with Crippen molar-refractivity contribution in [3.63, 3.8) is 0 Å². The van der Waals surface area contributed by atoms with E-state index in [1.807, 2.05) is 26.0 Å². The van der Waals surface area contributed by atoms with E-state index in [0.29, 0.717) is 5.02 Å². The number of amides is 1. The molecule has 0 saturated carbocycles. The van der Waals surface area contributed by atoms with Crippen LogP contribution in [0.4, 0.5) is 5.82 Å². The molecule has 9 heteroatoms. The van der Waals surface area contributed by atoms with Crippen molar-refractivity contribution in [1.29, 1.82) is 0 Å². The van der Waals surface area contributed by atoms with Gasteiger partial charge in [-0.1, -0.05) is 39.1 Å². The molecule has 0 bridgehead atoms. The minimum absolute atomic E-state index is 0.106. The van der Waals surface area contributed by atoms with E-state index in [1.165, 1.54) is 24.0 Å². The van der Waals surface area contributed by atoms with E-state index in [0.717, 1.165) is 20.5 Å². The van der Waals surface area contributed by atoms with Crippen LogP contribution in [0.2, 0.25) is 10.0 Å². The quantitative estimate of drug-likeness (QED) is 0.466. The Balaban J connectivity index is 1.81. The number of rotatable bonds is 6. The van der Waals surface area contributed by atoms with Crippen LogP contribution >= 0.6 is 50.9 Å². The molecule has 1 amide bonds. The van der Waals surface area contributed by atoms with Crippen LogP contribution in [0.3, 0.4) is 0 Å². The van der Waals surface area contributed by atoms with Crippen LogP contribution in [-0.4, -0.2) is 29.2 Å². The summed E-state index contributed by atoms with van der Waals surface area (Å²) in [6.45, 7) is 3.53. The number of pyridine rings is 1. The van der Waals surface area contributed by atoms with Gasteiger partial charge in [0.25, 0.3) is 5.91 Å². The zero-order valence-electron chi connectivity index (χ0n) is 13.9. The summed E-state index contributed by atoms with van der Waals surface area (Å²) in [5.41, 5.74) is 2.14. The molecule has 0 aliphatic rings. The fourth-order valence-corrected chi connectivity index (χ4v) is 3.70. The van der Waals surface area contributed by atoms with Gasteiger partial charge in [0.15, 0.2) is 12.4 Å². The number of hydrogen-bond acceptors (Lipinski definition) is 5. The molecule has 1 N–H and O–H groups in total. The fourth-order valence-electron chi connectivity index (χ4n) is 1.91. The first-order valence-corrected chi connectivity index (χ1v) is 9.95. The number of nitrogens with one attached hydrogen (secondary N) is 1. The molecule has 0 atom stereocenters. The molecular formula is C17H15BrCl2N2O3S. The Kier molecular flexibility index (Phi) is 7.76. The predicted molar refractivity (Wildman–Crippen MR) is 108 cm³/mol. The van der Waals surface area contributed by atoms with Crippen molar-refractivity contribution in [2.75, 3.05) is 17.7 Å². The van der Waals surface area contributed by atoms with Crippen LogP contribution in [-0.2, 0) is 14.3 Å². The zero-order valence-corrected chi connectivity index (χ0v) is 17.9. The molecule has 5 nitrogen and oxygen atoms in total. The summed E-state index contributed by atoms with van der Waals surface area (Å²) in [5, 5.41) is 3.02. The highest BCUT2D eigenvalue weighted by atomic mass is 79.9. The summed E-state index contributed by atoms with van der Waals surface area (Å²) in [7, 11) is 0. The van der Waals surface area contributed by atoms with Crippen LogP contribution in [0.5, 0.6) is 0 Å². The Morgan fingerprint density at radius 2 is 1.96 bits per heavy atom. The third kappa shape index (κ3) is 6.16. The summed E-state index contributed by atoms with van der Waals surface area (Å²) in [6.07, 6.45) is 1.36. The lowest BCUT2D eigenvalue weighted by atomic mass is 10.2. The molecule has 0 aliphatic carbocycles. The van der Waals surface area contributed by atoms with Crippen LogP contribution in [0.15, 0.2) is 33.8 Å². The molecule has 1 aromatic heterocycles. The van der Waals surface area contributed by atoms with E-state index in [2.05, 4.69) is 26.2 Å². The van der Waals surface area contributed by atoms with Gasteiger partial charge >= 0.3 is 5.97 Å². The summed E-state index contributed by atoms with van der Waals surface area (Å²) in [6, 6.07) is 5.45. The number of ether oxygens (including phenoxy) is 1. The Labute approximate surface area is 173 Å². The SMILES string of the molecule is Cc1cc(SCC(=O)OCC(=O)Nc2ncc(Cl)cc2Cl)c(C)cc1Br. The lowest BCUT2D eigenvalue weighted by Crippen LogP contribution is -2.22. The molecular weight excluding hydrogens is 463 g/mol. The van der Waals surface area contributed by atoms with Crippen LogP contribution < -0.4 is 5.32 Å². The summed E-state index contributed by atoms with van der Waals surface area (Å²) in [4.78, 5) is 28.6. The average molecular weight is 478 g/mol. The van der Waals surface area contributed by atoms with E-state index in [9.17, 15) is 9.59 Å². The van der Waals surface area contributed by atoms with Gasteiger partial charge in [-0.05, 0) is 43.2 Å². The average Bonchev–Trinajstić information content (AvgIpc) is 2.57.